The highest BCUT2D eigenvalue weighted by Crippen LogP contribution is 2.32. The lowest BCUT2D eigenvalue weighted by atomic mass is 9.98. The van der Waals surface area contributed by atoms with E-state index < -0.39 is 31.8 Å². The van der Waals surface area contributed by atoms with Crippen molar-refractivity contribution >= 4 is 23.2 Å². The van der Waals surface area contributed by atoms with Crippen molar-refractivity contribution in [3.63, 3.8) is 0 Å². The van der Waals surface area contributed by atoms with Gasteiger partial charge in [0.05, 0.1) is 32.5 Å². The van der Waals surface area contributed by atoms with Crippen LogP contribution < -0.4 is 4.74 Å². The number of tetrazole rings is 1. The number of rotatable bonds is 11. The van der Waals surface area contributed by atoms with Crippen molar-refractivity contribution in [2.24, 2.45) is 0 Å². The summed E-state index contributed by atoms with van der Waals surface area (Å²) in [5.74, 6) is -0.753. The van der Waals surface area contributed by atoms with Crippen molar-refractivity contribution in [1.82, 2.24) is 29.8 Å². The van der Waals surface area contributed by atoms with E-state index in [1.165, 1.54) is 6.92 Å². The topological polar surface area (TPSA) is 132 Å². The summed E-state index contributed by atoms with van der Waals surface area (Å²) in [5.41, 5.74) is 3.84. The number of imidazole rings is 1. The molecule has 1 fully saturated rings. The molecule has 0 amide bonds. The van der Waals surface area contributed by atoms with Gasteiger partial charge in [-0.15, -0.1) is 5.10 Å². The second-order valence-electron chi connectivity index (χ2n) is 11.1. The molecule has 0 radical (unpaired) electrons. The van der Waals surface area contributed by atoms with Crippen LogP contribution in [0.2, 0.25) is 0 Å². The Hall–Kier alpha value is -5.26. The Kier molecular flexibility index (Phi) is 7.95. The molecule has 0 saturated heterocycles. The number of carbonyl (C=O) groups excluding carboxylic acids is 2. The lowest BCUT2D eigenvalue weighted by molar-refractivity contribution is -0.0914. The number of hydrogen-bond donors (Lipinski definition) is 0. The Morgan fingerprint density at radius 3 is 2.55 bits per heavy atom. The van der Waals surface area contributed by atoms with Crippen LogP contribution >= 0.6 is 0 Å². The number of carbonyl (C=O) groups is 2. The van der Waals surface area contributed by atoms with Crippen molar-refractivity contribution in [3.05, 3.63) is 77.9 Å². The minimum absolute atomic E-state index is 0.0349. The predicted octanol–water partition coefficient (Wildman–Crippen LogP) is 6.81. The molecule has 0 aliphatic heterocycles. The molecule has 1 saturated carbocycles. The summed E-state index contributed by atoms with van der Waals surface area (Å²) < 4.78 is 64.0. The number of fused-ring (bicyclic) bond motifs is 1. The van der Waals surface area contributed by atoms with Crippen LogP contribution in [0.15, 0.2) is 66.7 Å². The number of aromatic nitrogens is 6. The molecule has 1 atom stereocenters. The van der Waals surface area contributed by atoms with Crippen LogP contribution in [0.1, 0.15) is 75.6 Å². The van der Waals surface area contributed by atoms with Crippen molar-refractivity contribution < 1.29 is 35.4 Å². The molecule has 5 aromatic rings. The van der Waals surface area contributed by atoms with Gasteiger partial charge in [0, 0.05) is 23.1 Å². The summed E-state index contributed by atoms with van der Waals surface area (Å²) in [6, 6.07) is 19.9. The Labute approximate surface area is 279 Å². The average Bonchev–Trinajstić information content (AvgIpc) is 3.74. The third-order valence-corrected chi connectivity index (χ3v) is 7.92. The molecule has 12 nitrogen and oxygen atoms in total. The van der Waals surface area contributed by atoms with Crippen LogP contribution in [0.4, 0.5) is 4.79 Å². The van der Waals surface area contributed by atoms with Crippen molar-refractivity contribution in [1.29, 1.82) is 0 Å². The van der Waals surface area contributed by atoms with Crippen LogP contribution in [0.25, 0.3) is 33.5 Å². The lowest BCUT2D eigenvalue weighted by Crippen LogP contribution is -2.26. The lowest BCUT2D eigenvalue weighted by Gasteiger charge is -2.22. The van der Waals surface area contributed by atoms with Crippen LogP contribution in [-0.4, -0.2) is 60.9 Å². The second-order valence-corrected chi connectivity index (χ2v) is 11.1. The number of ether oxygens (including phenoxy) is 4. The first-order chi connectivity index (χ1) is 24.9. The van der Waals surface area contributed by atoms with Crippen LogP contribution in [0.3, 0.4) is 0 Å². The number of esters is 1. The molecule has 1 aliphatic rings. The number of para-hydroxylation sites is 1. The third-order valence-electron chi connectivity index (χ3n) is 7.92. The molecular weight excluding hydrogens is 600 g/mol. The summed E-state index contributed by atoms with van der Waals surface area (Å²) >= 11 is 0. The second kappa shape index (κ2) is 14.4. The van der Waals surface area contributed by atoms with Gasteiger partial charge in [-0.2, -0.15) is 4.98 Å². The van der Waals surface area contributed by atoms with E-state index in [9.17, 15) is 9.59 Å². The molecule has 1 unspecified atom stereocenters. The van der Waals surface area contributed by atoms with Gasteiger partial charge in [-0.1, -0.05) is 61.0 Å². The molecule has 3 aromatic carbocycles. The van der Waals surface area contributed by atoms with Gasteiger partial charge in [0.1, 0.15) is 6.10 Å². The van der Waals surface area contributed by atoms with Gasteiger partial charge in [-0.3, -0.25) is 4.57 Å². The van der Waals surface area contributed by atoms with E-state index in [1.807, 2.05) is 37.3 Å². The monoisotopic (exact) mass is 643 g/mol. The fraction of sp³-hybridized carbons (Fsp3) is 0.371. The minimum Gasteiger partial charge on any atom is -0.465 e. The first-order valence-corrected chi connectivity index (χ1v) is 15.5. The summed E-state index contributed by atoms with van der Waals surface area (Å²) in [5, 5.41) is 11.2. The standard InChI is InChI=1S/C35H38N6O6/c1-4-41-32(37-38-39-41)28-15-10-9-14-27(28)25-20-18-24(19-21-25)22-40-31-29(16-11-17-30(31)36-34(40)44-5-2)33(42)45-23(3)46-35(43)47-26-12-7-6-8-13-26/h9-11,14-21,23,26H,4-8,12-13,22H2,1-3H3/i1D3,4D2. The fourth-order valence-corrected chi connectivity index (χ4v) is 5.77. The largest absolute Gasteiger partial charge is 0.511 e. The highest BCUT2D eigenvalue weighted by molar-refractivity contribution is 6.02. The Bertz CT molecular complexity index is 2040. The van der Waals surface area contributed by atoms with E-state index in [0.717, 1.165) is 43.2 Å². The van der Waals surface area contributed by atoms with Gasteiger partial charge in [-0.05, 0) is 78.7 Å². The highest BCUT2D eigenvalue weighted by atomic mass is 16.8. The zero-order valence-corrected chi connectivity index (χ0v) is 26.1. The molecule has 47 heavy (non-hydrogen) atoms. The van der Waals surface area contributed by atoms with Gasteiger partial charge >= 0.3 is 12.1 Å². The van der Waals surface area contributed by atoms with E-state index in [4.69, 9.17) is 25.8 Å². The minimum atomic E-state index is -3.02. The normalized spacial score (nSPS) is 16.3. The van der Waals surface area contributed by atoms with Gasteiger partial charge in [-0.25, -0.2) is 14.3 Å². The van der Waals surface area contributed by atoms with Crippen molar-refractivity contribution in [2.75, 3.05) is 6.61 Å². The zero-order chi connectivity index (χ0) is 37.0. The molecule has 12 heteroatoms. The van der Waals surface area contributed by atoms with E-state index in [2.05, 4.69) is 20.5 Å². The zero-order valence-electron chi connectivity index (χ0n) is 31.1. The molecule has 0 bridgehead atoms. The molecule has 2 aromatic heterocycles. The van der Waals surface area contributed by atoms with Gasteiger partial charge in [0.2, 0.25) is 6.29 Å². The molecule has 0 N–H and O–H groups in total. The third kappa shape index (κ3) is 7.11. The summed E-state index contributed by atoms with van der Waals surface area (Å²) in [4.78, 5) is 30.5. The van der Waals surface area contributed by atoms with E-state index in [-0.39, 0.29) is 24.0 Å². The number of benzene rings is 3. The van der Waals surface area contributed by atoms with Crippen LogP contribution in [0.5, 0.6) is 6.01 Å². The number of hydrogen-bond acceptors (Lipinski definition) is 10. The van der Waals surface area contributed by atoms with Crippen molar-refractivity contribution in [2.45, 2.75) is 78.2 Å². The van der Waals surface area contributed by atoms with E-state index >= 15 is 0 Å². The summed E-state index contributed by atoms with van der Waals surface area (Å²) in [6.07, 6.45) is 2.37. The maximum atomic E-state index is 13.5. The van der Waals surface area contributed by atoms with E-state index in [1.54, 1.807) is 41.0 Å². The molecule has 0 spiro atoms. The number of aryl methyl sites for hydroxylation is 1. The van der Waals surface area contributed by atoms with Crippen molar-refractivity contribution in [3.8, 4) is 28.5 Å². The van der Waals surface area contributed by atoms with E-state index in [0.29, 0.717) is 39.5 Å². The maximum absolute atomic E-state index is 13.5. The quantitative estimate of drug-likeness (QED) is 0.112. The van der Waals surface area contributed by atoms with Gasteiger partial charge in [0.15, 0.2) is 5.82 Å². The summed E-state index contributed by atoms with van der Waals surface area (Å²) in [6.45, 7) is -2.01. The maximum Gasteiger partial charge on any atom is 0.511 e. The van der Waals surface area contributed by atoms with Crippen LogP contribution in [0, 0.1) is 0 Å². The molecule has 2 heterocycles. The smallest absolute Gasteiger partial charge is 0.465 e. The summed E-state index contributed by atoms with van der Waals surface area (Å²) in [7, 11) is 0. The highest BCUT2D eigenvalue weighted by Gasteiger charge is 2.25. The number of nitrogens with zero attached hydrogens (tertiary/aromatic N) is 6. The Balaban J connectivity index is 1.25. The molecule has 244 valence electrons. The fourth-order valence-electron chi connectivity index (χ4n) is 5.77. The average molecular weight is 644 g/mol. The van der Waals surface area contributed by atoms with Crippen LogP contribution in [-0.2, 0) is 27.3 Å². The van der Waals surface area contributed by atoms with Gasteiger partial charge in [0.25, 0.3) is 6.01 Å². The molecular formula is C35H38N6O6. The molecule has 6 rings (SSSR count). The first kappa shape index (κ1) is 25.9. The SMILES string of the molecule is [2H]C([2H])([2H])C([2H])([2H])n1nnnc1-c1ccccc1-c1ccc(Cn2c(OCC)nc3cccc(C(=O)OC(C)OC(=O)OC4CCCCC4)c32)cc1. The Morgan fingerprint density at radius 1 is 1.00 bits per heavy atom. The predicted molar refractivity (Wildman–Crippen MR) is 174 cm³/mol. The van der Waals surface area contributed by atoms with Gasteiger partial charge < -0.3 is 18.9 Å². The first-order valence-electron chi connectivity index (χ1n) is 18.0. The molecule has 1 aliphatic carbocycles. The Morgan fingerprint density at radius 2 is 1.79 bits per heavy atom.